The minimum atomic E-state index is -1.00. The summed E-state index contributed by atoms with van der Waals surface area (Å²) in [6.45, 7) is 3.85. The van der Waals surface area contributed by atoms with E-state index in [1.807, 2.05) is 25.1 Å². The van der Waals surface area contributed by atoms with Gasteiger partial charge in [-0.2, -0.15) is 10.4 Å². The van der Waals surface area contributed by atoms with Gasteiger partial charge >= 0.3 is 6.09 Å². The third kappa shape index (κ3) is 3.85. The summed E-state index contributed by atoms with van der Waals surface area (Å²) in [5.41, 5.74) is 2.85. The van der Waals surface area contributed by atoms with E-state index in [-0.39, 0.29) is 6.04 Å². The smallest absolute Gasteiger partial charge is 0.404 e. The van der Waals surface area contributed by atoms with Crippen molar-refractivity contribution in [3.05, 3.63) is 42.4 Å². The fourth-order valence-electron chi connectivity index (χ4n) is 3.85. The Labute approximate surface area is 173 Å². The highest BCUT2D eigenvalue weighted by atomic mass is 16.5. The van der Waals surface area contributed by atoms with Gasteiger partial charge in [-0.25, -0.2) is 14.3 Å². The molecule has 1 atom stereocenters. The SMILES string of the molecule is CCOc1cc(-c2ccc(N3CCC[C@H](NC(=O)O)C3)nc2)c2c(C#N)cnn2c1. The number of hydrogen-bond donors (Lipinski definition) is 2. The molecule has 0 aromatic carbocycles. The number of aromatic nitrogens is 3. The number of carboxylic acid groups (broad SMARTS) is 1. The van der Waals surface area contributed by atoms with Crippen LogP contribution >= 0.6 is 0 Å². The molecule has 0 unspecified atom stereocenters. The molecule has 1 amide bonds. The van der Waals surface area contributed by atoms with Crippen LogP contribution in [0.4, 0.5) is 10.6 Å². The quantitative estimate of drug-likeness (QED) is 0.669. The van der Waals surface area contributed by atoms with Crippen LogP contribution in [0.5, 0.6) is 5.75 Å². The molecule has 9 heteroatoms. The maximum absolute atomic E-state index is 10.9. The molecule has 0 radical (unpaired) electrons. The average molecular weight is 406 g/mol. The van der Waals surface area contributed by atoms with Crippen LogP contribution in [0.25, 0.3) is 16.6 Å². The van der Waals surface area contributed by atoms with Gasteiger partial charge in [0.2, 0.25) is 0 Å². The number of rotatable bonds is 5. The van der Waals surface area contributed by atoms with E-state index in [2.05, 4.69) is 26.4 Å². The number of piperidine rings is 1. The fraction of sp³-hybridized carbons (Fsp3) is 0.333. The molecule has 0 bridgehead atoms. The first-order valence-electron chi connectivity index (χ1n) is 9.84. The molecule has 154 valence electrons. The third-order valence-electron chi connectivity index (χ3n) is 5.15. The van der Waals surface area contributed by atoms with Crippen LogP contribution in [0.15, 0.2) is 36.8 Å². The summed E-state index contributed by atoms with van der Waals surface area (Å²) in [7, 11) is 0. The predicted octanol–water partition coefficient (Wildman–Crippen LogP) is 2.90. The van der Waals surface area contributed by atoms with Crippen molar-refractivity contribution in [2.24, 2.45) is 0 Å². The lowest BCUT2D eigenvalue weighted by atomic mass is 10.0. The molecule has 4 heterocycles. The van der Waals surface area contributed by atoms with Gasteiger partial charge in [0.05, 0.1) is 30.1 Å². The number of carbonyl (C=O) groups is 1. The highest BCUT2D eigenvalue weighted by Crippen LogP contribution is 2.31. The minimum Gasteiger partial charge on any atom is -0.492 e. The standard InChI is InChI=1S/C21H22N6O3/c1-2-30-17-8-18(20-15(9-22)11-24-27(20)13-17)14-5-6-19(23-10-14)26-7-3-4-16(12-26)25-21(28)29/h5-6,8,10-11,13,16,25H,2-4,7,12H2,1H3,(H,28,29)/t16-/m0/s1. The zero-order valence-corrected chi connectivity index (χ0v) is 16.6. The summed E-state index contributed by atoms with van der Waals surface area (Å²) < 4.78 is 7.31. The van der Waals surface area contributed by atoms with E-state index >= 15 is 0 Å². The van der Waals surface area contributed by atoms with Crippen molar-refractivity contribution < 1.29 is 14.6 Å². The van der Waals surface area contributed by atoms with Crippen molar-refractivity contribution in [3.63, 3.8) is 0 Å². The van der Waals surface area contributed by atoms with Gasteiger partial charge in [0.1, 0.15) is 17.6 Å². The van der Waals surface area contributed by atoms with Crippen molar-refractivity contribution in [1.29, 1.82) is 5.26 Å². The van der Waals surface area contributed by atoms with Gasteiger partial charge < -0.3 is 20.1 Å². The van der Waals surface area contributed by atoms with Gasteiger partial charge in [0, 0.05) is 36.5 Å². The van der Waals surface area contributed by atoms with Crippen LogP contribution in [0, 0.1) is 11.3 Å². The van der Waals surface area contributed by atoms with E-state index in [1.54, 1.807) is 23.1 Å². The lowest BCUT2D eigenvalue weighted by Crippen LogP contribution is -2.47. The Morgan fingerprint density at radius 2 is 2.30 bits per heavy atom. The molecule has 2 N–H and O–H groups in total. The van der Waals surface area contributed by atoms with Gasteiger partial charge in [-0.3, -0.25) is 0 Å². The van der Waals surface area contributed by atoms with E-state index in [9.17, 15) is 10.1 Å². The molecular formula is C21H22N6O3. The maximum Gasteiger partial charge on any atom is 0.404 e. The molecule has 3 aromatic heterocycles. The van der Waals surface area contributed by atoms with Crippen LogP contribution in [0.3, 0.4) is 0 Å². The van der Waals surface area contributed by atoms with Gasteiger partial charge in [-0.1, -0.05) is 0 Å². The molecular weight excluding hydrogens is 384 g/mol. The Balaban J connectivity index is 1.66. The molecule has 1 saturated heterocycles. The van der Waals surface area contributed by atoms with Crippen molar-refractivity contribution in [3.8, 4) is 22.9 Å². The van der Waals surface area contributed by atoms with E-state index < -0.39 is 6.09 Å². The summed E-state index contributed by atoms with van der Waals surface area (Å²) in [5, 5.41) is 25.3. The topological polar surface area (TPSA) is 116 Å². The van der Waals surface area contributed by atoms with E-state index in [0.717, 1.165) is 36.3 Å². The molecule has 1 aliphatic rings. The fourth-order valence-corrected chi connectivity index (χ4v) is 3.85. The molecule has 9 nitrogen and oxygen atoms in total. The first kappa shape index (κ1) is 19.5. The summed E-state index contributed by atoms with van der Waals surface area (Å²) in [4.78, 5) is 17.6. The normalized spacial score (nSPS) is 16.3. The second kappa shape index (κ2) is 8.29. The Hall–Kier alpha value is -3.80. The van der Waals surface area contributed by atoms with Crippen LogP contribution < -0.4 is 15.0 Å². The zero-order chi connectivity index (χ0) is 21.1. The second-order valence-electron chi connectivity index (χ2n) is 7.13. The third-order valence-corrected chi connectivity index (χ3v) is 5.15. The molecule has 1 fully saturated rings. The van der Waals surface area contributed by atoms with Gasteiger partial charge in [-0.05, 0) is 38.0 Å². The van der Waals surface area contributed by atoms with Gasteiger partial charge in [0.15, 0.2) is 0 Å². The van der Waals surface area contributed by atoms with Crippen LogP contribution in [0.2, 0.25) is 0 Å². The van der Waals surface area contributed by atoms with Crippen LogP contribution in [-0.2, 0) is 0 Å². The van der Waals surface area contributed by atoms with Crippen molar-refractivity contribution in [2.45, 2.75) is 25.8 Å². The van der Waals surface area contributed by atoms with Crippen LogP contribution in [0.1, 0.15) is 25.3 Å². The number of nitrogens with zero attached hydrogens (tertiary/aromatic N) is 5. The Morgan fingerprint density at radius 3 is 3.00 bits per heavy atom. The highest BCUT2D eigenvalue weighted by molar-refractivity contribution is 5.85. The van der Waals surface area contributed by atoms with E-state index in [4.69, 9.17) is 9.84 Å². The van der Waals surface area contributed by atoms with E-state index in [0.29, 0.717) is 30.0 Å². The summed E-state index contributed by atoms with van der Waals surface area (Å²) in [6.07, 6.45) is 5.78. The molecule has 0 spiro atoms. The first-order valence-corrected chi connectivity index (χ1v) is 9.84. The lowest BCUT2D eigenvalue weighted by molar-refractivity contribution is 0.188. The van der Waals surface area contributed by atoms with Crippen LogP contribution in [-0.4, -0.2) is 51.5 Å². The molecule has 4 rings (SSSR count). The Bertz CT molecular complexity index is 1100. The van der Waals surface area contributed by atoms with Crippen molar-refractivity contribution in [1.82, 2.24) is 19.9 Å². The number of nitriles is 1. The summed E-state index contributed by atoms with van der Waals surface area (Å²) >= 11 is 0. The number of hydrogen-bond acceptors (Lipinski definition) is 6. The lowest BCUT2D eigenvalue weighted by Gasteiger charge is -2.33. The van der Waals surface area contributed by atoms with Crippen molar-refractivity contribution >= 4 is 17.4 Å². The number of anilines is 1. The molecule has 30 heavy (non-hydrogen) atoms. The number of pyridine rings is 2. The Kier molecular flexibility index (Phi) is 5.39. The van der Waals surface area contributed by atoms with Gasteiger partial charge in [-0.15, -0.1) is 0 Å². The molecule has 3 aromatic rings. The molecule has 0 aliphatic carbocycles. The largest absolute Gasteiger partial charge is 0.492 e. The van der Waals surface area contributed by atoms with E-state index in [1.165, 1.54) is 0 Å². The monoisotopic (exact) mass is 406 g/mol. The molecule has 0 saturated carbocycles. The highest BCUT2D eigenvalue weighted by Gasteiger charge is 2.22. The molecule has 1 aliphatic heterocycles. The first-order chi connectivity index (χ1) is 14.6. The number of nitrogens with one attached hydrogen (secondary N) is 1. The second-order valence-corrected chi connectivity index (χ2v) is 7.13. The van der Waals surface area contributed by atoms with Crippen molar-refractivity contribution in [2.75, 3.05) is 24.6 Å². The zero-order valence-electron chi connectivity index (χ0n) is 16.6. The minimum absolute atomic E-state index is 0.106. The number of amides is 1. The Morgan fingerprint density at radius 1 is 1.43 bits per heavy atom. The maximum atomic E-state index is 10.9. The van der Waals surface area contributed by atoms with Gasteiger partial charge in [0.25, 0.3) is 0 Å². The predicted molar refractivity (Wildman–Crippen MR) is 111 cm³/mol. The summed E-state index contributed by atoms with van der Waals surface area (Å²) in [6, 6.07) is 7.85. The summed E-state index contributed by atoms with van der Waals surface area (Å²) in [5.74, 6) is 1.46. The number of ether oxygens (including phenoxy) is 1. The average Bonchev–Trinajstić information content (AvgIpc) is 3.16. The number of fused-ring (bicyclic) bond motifs is 1.